The molecule has 1 N–H and O–H groups in total. The molecule has 4 rings (SSSR count). The fourth-order valence-corrected chi connectivity index (χ4v) is 3.97. The van der Waals surface area contributed by atoms with E-state index in [4.69, 9.17) is 16.6 Å². The second kappa shape index (κ2) is 9.53. The molecule has 0 saturated heterocycles. The van der Waals surface area contributed by atoms with Crippen molar-refractivity contribution in [2.24, 2.45) is 0 Å². The topological polar surface area (TPSA) is 42.0 Å². The van der Waals surface area contributed by atoms with Crippen molar-refractivity contribution >= 4 is 34.9 Å². The molecule has 3 aromatic carbocycles. The average molecular weight is 431 g/mol. The van der Waals surface area contributed by atoms with Crippen LogP contribution in [-0.4, -0.2) is 10.9 Å². The molecule has 3 nitrogen and oxygen atoms in total. The maximum absolute atomic E-state index is 12.1. The van der Waals surface area contributed by atoms with Gasteiger partial charge in [-0.25, -0.2) is 4.98 Å². The maximum atomic E-state index is 12.1. The molecule has 148 valence electrons. The number of benzene rings is 3. The smallest absolute Gasteiger partial charge is 0.244 e. The van der Waals surface area contributed by atoms with E-state index in [0.29, 0.717) is 11.6 Å². The summed E-state index contributed by atoms with van der Waals surface area (Å²) >= 11 is 7.72. The highest BCUT2D eigenvalue weighted by atomic mass is 35.5. The largest absolute Gasteiger partial charge is 0.348 e. The molecule has 1 heterocycles. The van der Waals surface area contributed by atoms with E-state index in [-0.39, 0.29) is 5.91 Å². The number of nitrogens with one attached hydrogen (secondary N) is 1. The monoisotopic (exact) mass is 430 g/mol. The molecule has 0 aliphatic carbocycles. The Morgan fingerprint density at radius 1 is 0.933 bits per heavy atom. The van der Waals surface area contributed by atoms with E-state index in [2.05, 4.69) is 22.8 Å². The Hall–Kier alpha value is -3.21. The molecule has 4 aromatic rings. The quantitative estimate of drug-likeness (QED) is 0.356. The van der Waals surface area contributed by atoms with Gasteiger partial charge in [0.2, 0.25) is 5.91 Å². The second-order valence-corrected chi connectivity index (χ2v) is 7.94. The predicted molar refractivity (Wildman–Crippen MR) is 125 cm³/mol. The minimum absolute atomic E-state index is 0.161. The molecule has 1 aromatic heterocycles. The minimum atomic E-state index is -0.161. The third-order valence-corrected chi connectivity index (χ3v) is 5.80. The first-order valence-electron chi connectivity index (χ1n) is 9.50. The zero-order chi connectivity index (χ0) is 20.8. The van der Waals surface area contributed by atoms with Gasteiger partial charge in [-0.15, -0.1) is 11.3 Å². The summed E-state index contributed by atoms with van der Waals surface area (Å²) in [4.78, 5) is 16.8. The van der Waals surface area contributed by atoms with Crippen LogP contribution >= 0.6 is 22.9 Å². The molecule has 0 radical (unpaired) electrons. The minimum Gasteiger partial charge on any atom is -0.348 e. The van der Waals surface area contributed by atoms with Crippen LogP contribution in [0.1, 0.15) is 11.1 Å². The van der Waals surface area contributed by atoms with Crippen molar-refractivity contribution in [3.8, 4) is 21.8 Å². The van der Waals surface area contributed by atoms with Crippen molar-refractivity contribution in [1.82, 2.24) is 10.3 Å². The number of aromatic nitrogens is 1. The van der Waals surface area contributed by atoms with E-state index in [1.54, 1.807) is 23.5 Å². The number of amides is 1. The van der Waals surface area contributed by atoms with Crippen molar-refractivity contribution in [3.63, 3.8) is 0 Å². The van der Waals surface area contributed by atoms with Crippen LogP contribution in [0.2, 0.25) is 5.02 Å². The number of thiazole rings is 1. The lowest BCUT2D eigenvalue weighted by Gasteiger charge is -2.04. The van der Waals surface area contributed by atoms with Crippen LogP contribution in [0, 0.1) is 0 Å². The van der Waals surface area contributed by atoms with Gasteiger partial charge in [0.1, 0.15) is 5.01 Å². The molecule has 0 unspecified atom stereocenters. The first-order valence-corrected chi connectivity index (χ1v) is 10.8. The number of nitrogens with zero attached hydrogens (tertiary/aromatic N) is 1. The van der Waals surface area contributed by atoms with Gasteiger partial charge in [-0.2, -0.15) is 0 Å². The molecule has 1 amide bonds. The molecule has 0 spiro atoms. The molecule has 0 aliphatic rings. The Balaban J connectivity index is 1.36. The van der Waals surface area contributed by atoms with Gasteiger partial charge in [-0.1, -0.05) is 84.4 Å². The predicted octanol–water partition coefficient (Wildman–Crippen LogP) is 6.46. The Morgan fingerprint density at radius 2 is 1.67 bits per heavy atom. The van der Waals surface area contributed by atoms with Crippen molar-refractivity contribution in [3.05, 3.63) is 106 Å². The van der Waals surface area contributed by atoms with E-state index in [9.17, 15) is 4.79 Å². The molecule has 0 aliphatic heterocycles. The van der Waals surface area contributed by atoms with Crippen LogP contribution < -0.4 is 5.32 Å². The van der Waals surface area contributed by atoms with Crippen LogP contribution in [0.4, 0.5) is 0 Å². The summed E-state index contributed by atoms with van der Waals surface area (Å²) < 4.78 is 0. The van der Waals surface area contributed by atoms with Crippen LogP contribution in [0.3, 0.4) is 0 Å². The number of halogens is 1. The highest BCUT2D eigenvalue weighted by molar-refractivity contribution is 7.13. The summed E-state index contributed by atoms with van der Waals surface area (Å²) in [6.45, 7) is 0.457. The molecule has 0 fully saturated rings. The van der Waals surface area contributed by atoms with Gasteiger partial charge in [0.15, 0.2) is 0 Å². The van der Waals surface area contributed by atoms with E-state index in [1.807, 2.05) is 60.7 Å². The third kappa shape index (κ3) is 5.03. The molecule has 30 heavy (non-hydrogen) atoms. The summed E-state index contributed by atoms with van der Waals surface area (Å²) in [5.41, 5.74) is 5.01. The van der Waals surface area contributed by atoms with Crippen LogP contribution in [0.5, 0.6) is 0 Å². The fourth-order valence-electron chi connectivity index (χ4n) is 2.94. The summed E-state index contributed by atoms with van der Waals surface area (Å²) in [7, 11) is 0. The van der Waals surface area contributed by atoms with Gasteiger partial charge in [-0.05, 0) is 23.3 Å². The lowest BCUT2D eigenvalue weighted by Crippen LogP contribution is -2.20. The highest BCUT2D eigenvalue weighted by Gasteiger charge is 2.07. The Bertz CT molecular complexity index is 1170. The van der Waals surface area contributed by atoms with Crippen molar-refractivity contribution in [1.29, 1.82) is 0 Å². The zero-order valence-electron chi connectivity index (χ0n) is 16.1. The molecule has 0 saturated carbocycles. The first-order chi connectivity index (χ1) is 14.7. The van der Waals surface area contributed by atoms with Gasteiger partial charge in [0.05, 0.1) is 5.69 Å². The standard InChI is InChI=1S/C25H19ClN2OS/c26-22-9-5-4-6-19(22)14-15-24(29)27-16-18-10-12-21(13-11-18)25-28-23(17-30-25)20-7-2-1-3-8-20/h1-15,17H,16H2,(H,27,29)/b15-14+. The van der Waals surface area contributed by atoms with Gasteiger partial charge in [0.25, 0.3) is 0 Å². The summed E-state index contributed by atoms with van der Waals surface area (Å²) in [5, 5.41) is 6.56. The zero-order valence-corrected chi connectivity index (χ0v) is 17.7. The number of carbonyl (C=O) groups is 1. The lowest BCUT2D eigenvalue weighted by molar-refractivity contribution is -0.116. The number of carbonyl (C=O) groups excluding carboxylic acids is 1. The van der Waals surface area contributed by atoms with E-state index in [0.717, 1.165) is 33.0 Å². The van der Waals surface area contributed by atoms with E-state index in [1.165, 1.54) is 6.08 Å². The third-order valence-electron chi connectivity index (χ3n) is 4.56. The van der Waals surface area contributed by atoms with Crippen LogP contribution in [0.25, 0.3) is 27.9 Å². The molecular formula is C25H19ClN2OS. The normalized spacial score (nSPS) is 11.0. The van der Waals surface area contributed by atoms with Crippen molar-refractivity contribution < 1.29 is 4.79 Å². The first kappa shape index (κ1) is 20.1. The summed E-state index contributed by atoms with van der Waals surface area (Å²) in [6, 6.07) is 25.7. The van der Waals surface area contributed by atoms with Gasteiger partial charge >= 0.3 is 0 Å². The number of rotatable bonds is 6. The molecular weight excluding hydrogens is 412 g/mol. The van der Waals surface area contributed by atoms with Gasteiger partial charge in [0, 0.05) is 34.2 Å². The van der Waals surface area contributed by atoms with Crippen LogP contribution in [0.15, 0.2) is 90.3 Å². The second-order valence-electron chi connectivity index (χ2n) is 6.67. The molecule has 0 bridgehead atoms. The van der Waals surface area contributed by atoms with Gasteiger partial charge in [-0.3, -0.25) is 4.79 Å². The summed E-state index contributed by atoms with van der Waals surface area (Å²) in [5.74, 6) is -0.161. The molecule has 5 heteroatoms. The number of hydrogen-bond acceptors (Lipinski definition) is 3. The lowest BCUT2D eigenvalue weighted by atomic mass is 10.1. The maximum Gasteiger partial charge on any atom is 0.244 e. The van der Waals surface area contributed by atoms with Crippen molar-refractivity contribution in [2.45, 2.75) is 6.54 Å². The Morgan fingerprint density at radius 3 is 2.43 bits per heavy atom. The van der Waals surface area contributed by atoms with Crippen molar-refractivity contribution in [2.75, 3.05) is 0 Å². The van der Waals surface area contributed by atoms with E-state index < -0.39 is 0 Å². The van der Waals surface area contributed by atoms with Gasteiger partial charge < -0.3 is 5.32 Å². The Labute approximate surface area is 184 Å². The van der Waals surface area contributed by atoms with E-state index >= 15 is 0 Å². The summed E-state index contributed by atoms with van der Waals surface area (Å²) in [6.07, 6.45) is 3.21. The molecule has 0 atom stereocenters. The fraction of sp³-hybridized carbons (Fsp3) is 0.0400. The average Bonchev–Trinajstić information content (AvgIpc) is 3.28. The Kier molecular flexibility index (Phi) is 6.38. The SMILES string of the molecule is O=C(/C=C/c1ccccc1Cl)NCc1ccc(-c2nc(-c3ccccc3)cs2)cc1. The highest BCUT2D eigenvalue weighted by Crippen LogP contribution is 2.28. The number of hydrogen-bond donors (Lipinski definition) is 1. The van der Waals surface area contributed by atoms with Crippen LogP contribution in [-0.2, 0) is 11.3 Å².